The van der Waals surface area contributed by atoms with E-state index in [1.807, 2.05) is 6.07 Å². The van der Waals surface area contributed by atoms with Crippen LogP contribution in [0.15, 0.2) is 35.1 Å². The number of nitrogens with one attached hydrogen (secondary N) is 2. The van der Waals surface area contributed by atoms with Crippen LogP contribution in [-0.4, -0.2) is 9.97 Å². The predicted molar refractivity (Wildman–Crippen MR) is 108 cm³/mol. The molecule has 26 heavy (non-hydrogen) atoms. The molecule has 0 radical (unpaired) electrons. The van der Waals surface area contributed by atoms with E-state index in [0.29, 0.717) is 12.5 Å². The quantitative estimate of drug-likeness (QED) is 0.705. The normalized spacial score (nSPS) is 15.3. The number of fused-ring (bicyclic) bond motifs is 3. The van der Waals surface area contributed by atoms with E-state index >= 15 is 0 Å². The molecule has 0 fully saturated rings. The Morgan fingerprint density at radius 2 is 1.96 bits per heavy atom. The zero-order chi connectivity index (χ0) is 18.1. The second-order valence-electron chi connectivity index (χ2n) is 7.42. The maximum atomic E-state index is 12.7. The third-order valence-corrected chi connectivity index (χ3v) is 6.37. The number of aryl methyl sites for hydroxylation is 2. The Balaban J connectivity index is 1.60. The second-order valence-corrected chi connectivity index (χ2v) is 8.50. The average molecular weight is 368 g/mol. The summed E-state index contributed by atoms with van der Waals surface area (Å²) in [5.74, 6) is 1.17. The number of H-pyrrole nitrogens is 1. The topological polar surface area (TPSA) is 57.8 Å². The monoisotopic (exact) mass is 367 g/mol. The fourth-order valence-electron chi connectivity index (χ4n) is 3.90. The van der Waals surface area contributed by atoms with Gasteiger partial charge >= 0.3 is 0 Å². The summed E-state index contributed by atoms with van der Waals surface area (Å²) >= 11 is 1.71. The van der Waals surface area contributed by atoms with Crippen LogP contribution in [0.1, 0.15) is 54.6 Å². The van der Waals surface area contributed by atoms with Gasteiger partial charge < -0.3 is 10.3 Å². The highest BCUT2D eigenvalue weighted by Gasteiger charge is 2.20. The molecule has 0 unspecified atom stereocenters. The van der Waals surface area contributed by atoms with Crippen molar-refractivity contribution in [2.24, 2.45) is 5.92 Å². The average Bonchev–Trinajstić information content (AvgIpc) is 3.01. The predicted octanol–water partition coefficient (Wildman–Crippen LogP) is 4.35. The fourth-order valence-corrected chi connectivity index (χ4v) is 5.18. The van der Waals surface area contributed by atoms with E-state index in [4.69, 9.17) is 4.98 Å². The molecule has 4 rings (SSSR count). The van der Waals surface area contributed by atoms with Gasteiger partial charge in [-0.15, -0.1) is 11.3 Å². The first-order chi connectivity index (χ1) is 12.6. The molecule has 2 aromatic heterocycles. The molecule has 0 saturated carbocycles. The van der Waals surface area contributed by atoms with Gasteiger partial charge in [0, 0.05) is 10.9 Å². The standard InChI is InChI=1S/C21H25N3OS/c1-13(2)19(14-8-4-3-5-9-14)22-12-17-23-20(25)18-15-10-6-7-11-16(15)26-21(18)24-17/h3-5,8-9,13,19,22H,6-7,10-12H2,1-2H3,(H,23,24,25)/t19-/m1/s1. The summed E-state index contributed by atoms with van der Waals surface area (Å²) in [6, 6.07) is 10.7. The Hall–Kier alpha value is -1.98. The van der Waals surface area contributed by atoms with Crippen molar-refractivity contribution in [3.63, 3.8) is 0 Å². The third-order valence-electron chi connectivity index (χ3n) is 5.19. The van der Waals surface area contributed by atoms with Gasteiger partial charge in [0.15, 0.2) is 0 Å². The molecule has 1 aliphatic rings. The third kappa shape index (κ3) is 3.33. The largest absolute Gasteiger partial charge is 0.309 e. The van der Waals surface area contributed by atoms with Crippen LogP contribution in [0.4, 0.5) is 0 Å². The molecule has 4 nitrogen and oxygen atoms in total. The minimum Gasteiger partial charge on any atom is -0.309 e. The SMILES string of the molecule is CC(C)[C@@H](NCc1nc2sc3c(c2c(=O)[nH]1)CCCC3)c1ccccc1. The van der Waals surface area contributed by atoms with Crippen LogP contribution < -0.4 is 10.9 Å². The van der Waals surface area contributed by atoms with E-state index in [0.717, 1.165) is 28.9 Å². The van der Waals surface area contributed by atoms with Crippen LogP contribution in [0, 0.1) is 5.92 Å². The van der Waals surface area contributed by atoms with Crippen molar-refractivity contribution >= 4 is 21.6 Å². The number of hydrogen-bond donors (Lipinski definition) is 2. The van der Waals surface area contributed by atoms with Crippen molar-refractivity contribution in [3.05, 3.63) is 62.5 Å². The minimum absolute atomic E-state index is 0.0204. The summed E-state index contributed by atoms with van der Waals surface area (Å²) < 4.78 is 0. The smallest absolute Gasteiger partial charge is 0.259 e. The van der Waals surface area contributed by atoms with Gasteiger partial charge in [0.05, 0.1) is 11.9 Å². The Bertz CT molecular complexity index is 959. The summed E-state index contributed by atoms with van der Waals surface area (Å²) in [5.41, 5.74) is 2.53. The number of benzene rings is 1. The first-order valence-corrected chi connectivity index (χ1v) is 10.3. The van der Waals surface area contributed by atoms with Gasteiger partial charge in [-0.1, -0.05) is 44.2 Å². The lowest BCUT2D eigenvalue weighted by Gasteiger charge is -2.22. The molecule has 1 aromatic carbocycles. The van der Waals surface area contributed by atoms with Gasteiger partial charge in [0.25, 0.3) is 5.56 Å². The zero-order valence-corrected chi connectivity index (χ0v) is 16.2. The minimum atomic E-state index is 0.0204. The maximum absolute atomic E-state index is 12.7. The highest BCUT2D eigenvalue weighted by atomic mass is 32.1. The van der Waals surface area contributed by atoms with E-state index in [9.17, 15) is 4.79 Å². The molecular formula is C21H25N3OS. The molecule has 0 saturated heterocycles. The van der Waals surface area contributed by atoms with Crippen LogP contribution in [0.25, 0.3) is 10.2 Å². The number of thiophene rings is 1. The zero-order valence-electron chi connectivity index (χ0n) is 15.3. The molecule has 5 heteroatoms. The van der Waals surface area contributed by atoms with Gasteiger partial charge in [-0.05, 0) is 42.7 Å². The molecule has 0 bridgehead atoms. The number of rotatable bonds is 5. The van der Waals surface area contributed by atoms with E-state index in [1.54, 1.807) is 11.3 Å². The molecule has 0 amide bonds. The first kappa shape index (κ1) is 17.4. The maximum Gasteiger partial charge on any atom is 0.259 e. The summed E-state index contributed by atoms with van der Waals surface area (Å²) in [5, 5.41) is 4.41. The molecule has 2 heterocycles. The van der Waals surface area contributed by atoms with E-state index in [1.165, 1.54) is 28.8 Å². The van der Waals surface area contributed by atoms with Gasteiger partial charge in [-0.25, -0.2) is 4.98 Å². The lowest BCUT2D eigenvalue weighted by molar-refractivity contribution is 0.406. The van der Waals surface area contributed by atoms with Crippen molar-refractivity contribution in [2.45, 2.75) is 52.1 Å². The summed E-state index contributed by atoms with van der Waals surface area (Å²) in [6.07, 6.45) is 4.50. The van der Waals surface area contributed by atoms with Crippen molar-refractivity contribution in [3.8, 4) is 0 Å². The number of aromatic amines is 1. The van der Waals surface area contributed by atoms with Crippen molar-refractivity contribution in [1.29, 1.82) is 0 Å². The van der Waals surface area contributed by atoms with Crippen molar-refractivity contribution in [2.75, 3.05) is 0 Å². The number of hydrogen-bond acceptors (Lipinski definition) is 4. The summed E-state index contributed by atoms with van der Waals surface area (Å²) in [6.45, 7) is 4.97. The molecule has 2 N–H and O–H groups in total. The first-order valence-electron chi connectivity index (χ1n) is 9.45. The Labute approximate surface area is 157 Å². The molecule has 136 valence electrons. The van der Waals surface area contributed by atoms with Crippen molar-refractivity contribution < 1.29 is 0 Å². The number of nitrogens with zero attached hydrogens (tertiary/aromatic N) is 1. The Morgan fingerprint density at radius 3 is 2.73 bits per heavy atom. The van der Waals surface area contributed by atoms with Crippen LogP contribution in [0.3, 0.4) is 0 Å². The van der Waals surface area contributed by atoms with Gasteiger partial charge in [-0.2, -0.15) is 0 Å². The molecule has 0 aliphatic heterocycles. The lowest BCUT2D eigenvalue weighted by atomic mass is 9.96. The Morgan fingerprint density at radius 1 is 1.19 bits per heavy atom. The van der Waals surface area contributed by atoms with Crippen LogP contribution in [0.5, 0.6) is 0 Å². The highest BCUT2D eigenvalue weighted by Crippen LogP contribution is 2.33. The summed E-state index contributed by atoms with van der Waals surface area (Å²) in [4.78, 5) is 22.7. The van der Waals surface area contributed by atoms with Crippen molar-refractivity contribution in [1.82, 2.24) is 15.3 Å². The second kappa shape index (κ2) is 7.33. The van der Waals surface area contributed by atoms with Gasteiger partial charge in [0.1, 0.15) is 10.7 Å². The molecular weight excluding hydrogens is 342 g/mol. The fraction of sp³-hybridized carbons (Fsp3) is 0.429. The van der Waals surface area contributed by atoms with Gasteiger partial charge in [-0.3, -0.25) is 4.79 Å². The number of aromatic nitrogens is 2. The van der Waals surface area contributed by atoms with Gasteiger partial charge in [0.2, 0.25) is 0 Å². The van der Waals surface area contributed by atoms with Crippen LogP contribution in [-0.2, 0) is 19.4 Å². The Kier molecular flexibility index (Phi) is 4.92. The van der Waals surface area contributed by atoms with E-state index < -0.39 is 0 Å². The van der Waals surface area contributed by atoms with Crippen LogP contribution >= 0.6 is 11.3 Å². The molecule has 0 spiro atoms. The molecule has 1 aliphatic carbocycles. The molecule has 3 aromatic rings. The van der Waals surface area contributed by atoms with E-state index in [-0.39, 0.29) is 11.6 Å². The highest BCUT2D eigenvalue weighted by molar-refractivity contribution is 7.18. The molecule has 1 atom stereocenters. The lowest BCUT2D eigenvalue weighted by Crippen LogP contribution is -2.27. The van der Waals surface area contributed by atoms with E-state index in [2.05, 4.69) is 48.4 Å². The van der Waals surface area contributed by atoms with Crippen LogP contribution in [0.2, 0.25) is 0 Å². The summed E-state index contributed by atoms with van der Waals surface area (Å²) in [7, 11) is 0.